The third kappa shape index (κ3) is 3.45. The second-order valence-corrected chi connectivity index (χ2v) is 4.55. The first-order chi connectivity index (χ1) is 10.8. The Bertz CT molecular complexity index is 724. The minimum atomic E-state index is -0.252. The first-order valence-corrected chi connectivity index (χ1v) is 6.71. The highest BCUT2D eigenvalue weighted by atomic mass is 16.2. The van der Waals surface area contributed by atoms with Crippen molar-refractivity contribution in [1.82, 2.24) is 25.2 Å². The van der Waals surface area contributed by atoms with Gasteiger partial charge in [-0.15, -0.1) is 0 Å². The third-order valence-electron chi connectivity index (χ3n) is 2.97. The Kier molecular flexibility index (Phi) is 4.05. The number of hydrogen-bond acceptors (Lipinski definition) is 5. The van der Waals surface area contributed by atoms with Gasteiger partial charge in [-0.3, -0.25) is 20.3 Å². The van der Waals surface area contributed by atoms with Gasteiger partial charge in [0.05, 0.1) is 6.54 Å². The molecule has 3 rings (SSSR count). The summed E-state index contributed by atoms with van der Waals surface area (Å²) >= 11 is 0. The first-order valence-electron chi connectivity index (χ1n) is 6.71. The van der Waals surface area contributed by atoms with Crippen molar-refractivity contribution in [3.8, 4) is 0 Å². The first kappa shape index (κ1) is 13.7. The summed E-state index contributed by atoms with van der Waals surface area (Å²) in [4.78, 5) is 19.9. The molecule has 7 nitrogen and oxygen atoms in total. The Morgan fingerprint density at radius 1 is 1.05 bits per heavy atom. The third-order valence-corrected chi connectivity index (χ3v) is 2.97. The van der Waals surface area contributed by atoms with Crippen LogP contribution in [0.4, 0.5) is 5.95 Å². The molecule has 0 saturated heterocycles. The Morgan fingerprint density at radius 3 is 2.50 bits per heavy atom. The molecule has 2 N–H and O–H groups in total. The second-order valence-electron chi connectivity index (χ2n) is 4.55. The van der Waals surface area contributed by atoms with Gasteiger partial charge in [-0.2, -0.15) is 5.10 Å². The van der Waals surface area contributed by atoms with Gasteiger partial charge in [0, 0.05) is 30.4 Å². The van der Waals surface area contributed by atoms with Crippen molar-refractivity contribution in [3.63, 3.8) is 0 Å². The van der Waals surface area contributed by atoms with Gasteiger partial charge < -0.3 is 0 Å². The Morgan fingerprint density at radius 2 is 1.82 bits per heavy atom. The van der Waals surface area contributed by atoms with Crippen LogP contribution in [0.1, 0.15) is 15.9 Å². The normalized spacial score (nSPS) is 10.2. The number of carbonyl (C=O) groups excluding carboxylic acids is 1. The fourth-order valence-electron chi connectivity index (χ4n) is 1.89. The van der Waals surface area contributed by atoms with E-state index < -0.39 is 0 Å². The summed E-state index contributed by atoms with van der Waals surface area (Å²) in [5.41, 5.74) is 6.82. The van der Waals surface area contributed by atoms with Crippen molar-refractivity contribution in [3.05, 3.63) is 72.3 Å². The van der Waals surface area contributed by atoms with E-state index in [2.05, 4.69) is 25.9 Å². The standard InChI is InChI=1S/C15H14N6O/c22-14(19-20-15-16-7-1-8-17-15)13-5-3-12(4-6-13)11-21-10-2-9-18-21/h1-10H,11H2,(H,19,22)(H,16,17,20). The van der Waals surface area contributed by atoms with E-state index in [-0.39, 0.29) is 5.91 Å². The van der Waals surface area contributed by atoms with Gasteiger partial charge >= 0.3 is 0 Å². The molecule has 0 spiro atoms. The van der Waals surface area contributed by atoms with Crippen LogP contribution < -0.4 is 10.9 Å². The Labute approximate surface area is 127 Å². The maximum absolute atomic E-state index is 12.0. The number of benzene rings is 1. The molecular formula is C15H14N6O. The van der Waals surface area contributed by atoms with Gasteiger partial charge in [-0.1, -0.05) is 12.1 Å². The van der Waals surface area contributed by atoms with Crippen LogP contribution in [0, 0.1) is 0 Å². The summed E-state index contributed by atoms with van der Waals surface area (Å²) in [7, 11) is 0. The van der Waals surface area contributed by atoms with E-state index in [1.54, 1.807) is 36.8 Å². The monoisotopic (exact) mass is 294 g/mol. The van der Waals surface area contributed by atoms with Crippen molar-refractivity contribution in [2.24, 2.45) is 0 Å². The number of aromatic nitrogens is 4. The lowest BCUT2D eigenvalue weighted by atomic mass is 10.1. The van der Waals surface area contributed by atoms with Crippen molar-refractivity contribution in [2.75, 3.05) is 5.43 Å². The molecule has 22 heavy (non-hydrogen) atoms. The lowest BCUT2D eigenvalue weighted by Crippen LogP contribution is -2.30. The number of rotatable bonds is 5. The van der Waals surface area contributed by atoms with Crippen molar-refractivity contribution in [1.29, 1.82) is 0 Å². The molecule has 0 aliphatic carbocycles. The topological polar surface area (TPSA) is 84.7 Å². The van der Waals surface area contributed by atoms with Crippen LogP contribution in [0.25, 0.3) is 0 Å². The zero-order valence-corrected chi connectivity index (χ0v) is 11.7. The summed E-state index contributed by atoms with van der Waals surface area (Å²) < 4.78 is 1.82. The fourth-order valence-corrected chi connectivity index (χ4v) is 1.89. The smallest absolute Gasteiger partial charge is 0.268 e. The molecular weight excluding hydrogens is 280 g/mol. The number of amides is 1. The molecule has 7 heteroatoms. The predicted molar refractivity (Wildman–Crippen MR) is 80.9 cm³/mol. The van der Waals surface area contributed by atoms with Gasteiger partial charge in [0.15, 0.2) is 0 Å². The number of hydrazine groups is 1. The zero-order valence-electron chi connectivity index (χ0n) is 11.7. The average molecular weight is 294 g/mol. The van der Waals surface area contributed by atoms with E-state index in [4.69, 9.17) is 0 Å². The quantitative estimate of drug-likeness (QED) is 0.696. The summed E-state index contributed by atoms with van der Waals surface area (Å²) in [6.07, 6.45) is 6.81. The molecule has 2 heterocycles. The highest BCUT2D eigenvalue weighted by Crippen LogP contribution is 2.06. The van der Waals surface area contributed by atoms with Crippen molar-refractivity contribution < 1.29 is 4.79 Å². The molecule has 1 amide bonds. The molecule has 0 atom stereocenters. The number of hydrogen-bond donors (Lipinski definition) is 2. The maximum atomic E-state index is 12.0. The summed E-state index contributed by atoms with van der Waals surface area (Å²) in [6, 6.07) is 10.9. The molecule has 0 unspecified atom stereocenters. The van der Waals surface area contributed by atoms with Gasteiger partial charge in [0.2, 0.25) is 5.95 Å². The molecule has 0 fully saturated rings. The molecule has 2 aromatic heterocycles. The fraction of sp³-hybridized carbons (Fsp3) is 0.0667. The van der Waals surface area contributed by atoms with E-state index >= 15 is 0 Å². The van der Waals surface area contributed by atoms with Gasteiger partial charge in [-0.25, -0.2) is 9.97 Å². The van der Waals surface area contributed by atoms with Crippen molar-refractivity contribution >= 4 is 11.9 Å². The van der Waals surface area contributed by atoms with Crippen LogP contribution in [0.15, 0.2) is 61.2 Å². The van der Waals surface area contributed by atoms with Crippen LogP contribution in [0.2, 0.25) is 0 Å². The van der Waals surface area contributed by atoms with E-state index in [1.807, 2.05) is 29.1 Å². The van der Waals surface area contributed by atoms with E-state index in [0.717, 1.165) is 5.56 Å². The van der Waals surface area contributed by atoms with Crippen LogP contribution in [-0.4, -0.2) is 25.7 Å². The molecule has 0 radical (unpaired) electrons. The van der Waals surface area contributed by atoms with Crippen LogP contribution in [0.3, 0.4) is 0 Å². The zero-order chi connectivity index (χ0) is 15.2. The highest BCUT2D eigenvalue weighted by molar-refractivity contribution is 5.94. The van der Waals surface area contributed by atoms with Crippen LogP contribution in [0.5, 0.6) is 0 Å². The van der Waals surface area contributed by atoms with Gasteiger partial charge in [-0.05, 0) is 29.8 Å². The molecule has 1 aromatic carbocycles. The molecule has 3 aromatic rings. The largest absolute Gasteiger partial charge is 0.269 e. The molecule has 0 aliphatic rings. The molecule has 0 bridgehead atoms. The summed E-state index contributed by atoms with van der Waals surface area (Å²) in [5.74, 6) is 0.0873. The number of nitrogens with one attached hydrogen (secondary N) is 2. The molecule has 0 saturated carbocycles. The average Bonchev–Trinajstić information content (AvgIpc) is 3.07. The predicted octanol–water partition coefficient (Wildman–Crippen LogP) is 1.48. The van der Waals surface area contributed by atoms with Crippen molar-refractivity contribution in [2.45, 2.75) is 6.54 Å². The maximum Gasteiger partial charge on any atom is 0.269 e. The Balaban J connectivity index is 1.59. The lowest BCUT2D eigenvalue weighted by Gasteiger charge is -2.07. The SMILES string of the molecule is O=C(NNc1ncccn1)c1ccc(Cn2cccn2)cc1. The summed E-state index contributed by atoms with van der Waals surface area (Å²) in [6.45, 7) is 0.672. The van der Waals surface area contributed by atoms with E-state index in [1.165, 1.54) is 0 Å². The molecule has 0 aliphatic heterocycles. The number of nitrogens with zero attached hydrogens (tertiary/aromatic N) is 4. The molecule has 110 valence electrons. The Hall–Kier alpha value is -3.22. The minimum absolute atomic E-state index is 0.252. The number of anilines is 1. The van der Waals surface area contributed by atoms with Gasteiger partial charge in [0.1, 0.15) is 0 Å². The second kappa shape index (κ2) is 6.49. The lowest BCUT2D eigenvalue weighted by molar-refractivity contribution is 0.0962. The highest BCUT2D eigenvalue weighted by Gasteiger charge is 2.05. The van der Waals surface area contributed by atoms with Gasteiger partial charge in [0.25, 0.3) is 5.91 Å². The number of carbonyl (C=O) groups is 1. The van der Waals surface area contributed by atoms with Crippen LogP contribution >= 0.6 is 0 Å². The van der Waals surface area contributed by atoms with Crippen LogP contribution in [-0.2, 0) is 6.54 Å². The van der Waals surface area contributed by atoms with E-state index in [9.17, 15) is 4.79 Å². The minimum Gasteiger partial charge on any atom is -0.268 e. The van der Waals surface area contributed by atoms with E-state index in [0.29, 0.717) is 18.1 Å². The summed E-state index contributed by atoms with van der Waals surface area (Å²) in [5, 5.41) is 4.15.